The number of nitrogens with zero attached hydrogens (tertiary/aromatic N) is 6. The number of carbonyl (C=O) groups excluding carboxylic acids is 1. The molecule has 1 fully saturated rings. The van der Waals surface area contributed by atoms with Crippen LogP contribution >= 0.6 is 0 Å². The van der Waals surface area contributed by atoms with Gasteiger partial charge in [0.1, 0.15) is 42.5 Å². The summed E-state index contributed by atoms with van der Waals surface area (Å²) in [5, 5.41) is 6.49. The highest BCUT2D eigenvalue weighted by Gasteiger charge is 2.50. The monoisotopic (exact) mass is 486 g/mol. The van der Waals surface area contributed by atoms with E-state index in [4.69, 9.17) is 15.2 Å². The number of ether oxygens (including phenoxy) is 2. The first-order valence-electron chi connectivity index (χ1n) is 10.8. The van der Waals surface area contributed by atoms with Gasteiger partial charge in [-0.1, -0.05) is 6.58 Å². The van der Waals surface area contributed by atoms with Crippen molar-refractivity contribution in [2.24, 2.45) is 16.6 Å². The highest BCUT2D eigenvalue weighted by Crippen LogP contribution is 2.40. The lowest BCUT2D eigenvalue weighted by Crippen LogP contribution is -2.56. The van der Waals surface area contributed by atoms with Crippen LogP contribution in [0.3, 0.4) is 0 Å². The molecule has 0 spiro atoms. The molecule has 184 valence electrons. The Bertz CT molecular complexity index is 1150. The van der Waals surface area contributed by atoms with E-state index in [0.29, 0.717) is 18.8 Å². The first kappa shape index (κ1) is 24.1. The van der Waals surface area contributed by atoms with Crippen molar-refractivity contribution in [3.8, 4) is 5.82 Å². The van der Waals surface area contributed by atoms with Gasteiger partial charge in [-0.05, 0) is 18.2 Å². The second-order valence-corrected chi connectivity index (χ2v) is 7.98. The van der Waals surface area contributed by atoms with E-state index >= 15 is 0 Å². The lowest BCUT2D eigenvalue weighted by molar-refractivity contribution is -0.0766. The molecule has 3 unspecified atom stereocenters. The molecule has 1 amide bonds. The summed E-state index contributed by atoms with van der Waals surface area (Å²) in [5.41, 5.74) is 4.55. The van der Waals surface area contributed by atoms with Gasteiger partial charge in [-0.25, -0.2) is 33.4 Å². The van der Waals surface area contributed by atoms with Crippen LogP contribution in [0.15, 0.2) is 66.4 Å². The van der Waals surface area contributed by atoms with E-state index in [1.54, 1.807) is 0 Å². The van der Waals surface area contributed by atoms with Gasteiger partial charge in [0.2, 0.25) is 0 Å². The fraction of sp³-hybridized carbons (Fsp3) is 0.364. The van der Waals surface area contributed by atoms with Crippen molar-refractivity contribution in [1.82, 2.24) is 30.0 Å². The summed E-state index contributed by atoms with van der Waals surface area (Å²) in [6.45, 7) is 3.34. The summed E-state index contributed by atoms with van der Waals surface area (Å²) >= 11 is 0. The third-order valence-corrected chi connectivity index (χ3v) is 5.74. The van der Waals surface area contributed by atoms with E-state index in [9.17, 15) is 13.6 Å². The number of carbonyl (C=O) groups is 1. The van der Waals surface area contributed by atoms with E-state index < -0.39 is 29.9 Å². The Hall–Kier alpha value is -4.00. The average Bonchev–Trinajstić information content (AvgIpc) is 3.41. The van der Waals surface area contributed by atoms with Gasteiger partial charge in [-0.3, -0.25) is 4.79 Å². The molecule has 1 saturated heterocycles. The van der Waals surface area contributed by atoms with E-state index in [-0.39, 0.29) is 36.5 Å². The third-order valence-electron chi connectivity index (χ3n) is 5.74. The van der Waals surface area contributed by atoms with Crippen molar-refractivity contribution in [3.63, 3.8) is 0 Å². The minimum Gasteiger partial charge on any atom is -0.462 e. The summed E-state index contributed by atoms with van der Waals surface area (Å²) in [4.78, 5) is 28.6. The minimum absolute atomic E-state index is 0.0257. The van der Waals surface area contributed by atoms with Gasteiger partial charge in [0.25, 0.3) is 11.9 Å². The number of nitrogens with one attached hydrogen (secondary N) is 1. The molecule has 3 atom stereocenters. The first-order chi connectivity index (χ1) is 16.9. The molecule has 2 aliphatic heterocycles. The summed E-state index contributed by atoms with van der Waals surface area (Å²) in [5.74, 6) is -1.33. The van der Waals surface area contributed by atoms with Gasteiger partial charge in [0.15, 0.2) is 5.82 Å². The second-order valence-electron chi connectivity index (χ2n) is 7.98. The SMILES string of the molecule is C=C/C(=C\C=C(\F)CC1(CF)N=C(N)OC2CCOCC21)NC(=O)c1cnc(-n2cncn2)cn1. The number of hydrogen-bond acceptors (Lipinski definition) is 9. The third kappa shape index (κ3) is 5.40. The topological polar surface area (TPSA) is 142 Å². The lowest BCUT2D eigenvalue weighted by atomic mass is 9.76. The van der Waals surface area contributed by atoms with Crippen molar-refractivity contribution < 1.29 is 23.0 Å². The number of amidine groups is 1. The van der Waals surface area contributed by atoms with Gasteiger partial charge in [0.05, 0.1) is 25.6 Å². The number of aliphatic imine (C=N–C) groups is 1. The van der Waals surface area contributed by atoms with Crippen molar-refractivity contribution in [2.45, 2.75) is 24.5 Å². The molecular formula is C22H24F2N8O3. The van der Waals surface area contributed by atoms with Crippen LogP contribution in [0.2, 0.25) is 0 Å². The van der Waals surface area contributed by atoms with Gasteiger partial charge in [0, 0.05) is 24.5 Å². The Morgan fingerprint density at radius 3 is 2.91 bits per heavy atom. The number of hydrogen-bond donors (Lipinski definition) is 2. The number of rotatable bonds is 8. The Balaban J connectivity index is 1.45. The van der Waals surface area contributed by atoms with Crippen LogP contribution in [-0.4, -0.2) is 68.2 Å². The maximum Gasteiger partial charge on any atom is 0.282 e. The van der Waals surface area contributed by atoms with Crippen LogP contribution in [0.5, 0.6) is 0 Å². The fourth-order valence-corrected chi connectivity index (χ4v) is 3.96. The summed E-state index contributed by atoms with van der Waals surface area (Å²) < 4.78 is 41.5. The lowest BCUT2D eigenvalue weighted by Gasteiger charge is -2.44. The molecule has 0 bridgehead atoms. The van der Waals surface area contributed by atoms with E-state index in [2.05, 4.69) is 36.9 Å². The number of aromatic nitrogens is 5. The Morgan fingerprint density at radius 2 is 2.23 bits per heavy atom. The van der Waals surface area contributed by atoms with Gasteiger partial charge in [-0.2, -0.15) is 5.10 Å². The normalized spacial score (nSPS) is 24.7. The molecule has 4 rings (SSSR count). The molecule has 35 heavy (non-hydrogen) atoms. The van der Waals surface area contributed by atoms with Crippen LogP contribution in [-0.2, 0) is 9.47 Å². The minimum atomic E-state index is -1.43. The number of halogens is 2. The highest BCUT2D eigenvalue weighted by atomic mass is 19.1. The van der Waals surface area contributed by atoms with Crippen LogP contribution in [0.25, 0.3) is 5.82 Å². The zero-order valence-electron chi connectivity index (χ0n) is 18.7. The van der Waals surface area contributed by atoms with Crippen LogP contribution < -0.4 is 11.1 Å². The fourth-order valence-electron chi connectivity index (χ4n) is 3.96. The zero-order chi connectivity index (χ0) is 24.8. The zero-order valence-corrected chi connectivity index (χ0v) is 18.7. The average molecular weight is 486 g/mol. The molecular weight excluding hydrogens is 462 g/mol. The number of amides is 1. The second kappa shape index (κ2) is 10.5. The molecule has 13 heteroatoms. The summed E-state index contributed by atoms with van der Waals surface area (Å²) in [7, 11) is 0. The molecule has 2 aromatic heterocycles. The standard InChI is InChI=1S/C22H24F2N8O3/c1-2-15(30-20(33)17-8-28-19(9-27-17)32-13-26-12-29-32)4-3-14(24)7-22(11-23)16-10-34-6-5-18(16)35-21(25)31-22/h2-4,8-9,12-13,16,18H,1,5-7,10-11H2,(H2,25,31)(H,30,33)/b14-3+,15-4+. The predicted octanol–water partition coefficient (Wildman–Crippen LogP) is 1.56. The van der Waals surface area contributed by atoms with Gasteiger partial charge < -0.3 is 20.5 Å². The van der Waals surface area contributed by atoms with E-state index in [0.717, 1.165) is 6.08 Å². The molecule has 2 aromatic rings. The smallest absolute Gasteiger partial charge is 0.282 e. The van der Waals surface area contributed by atoms with Crippen LogP contribution in [0.1, 0.15) is 23.3 Å². The van der Waals surface area contributed by atoms with Crippen LogP contribution in [0.4, 0.5) is 8.78 Å². The van der Waals surface area contributed by atoms with Gasteiger partial charge in [-0.15, -0.1) is 0 Å². The largest absolute Gasteiger partial charge is 0.462 e. The number of alkyl halides is 1. The Labute approximate surface area is 199 Å². The van der Waals surface area contributed by atoms with Crippen LogP contribution in [0, 0.1) is 5.92 Å². The summed E-state index contributed by atoms with van der Waals surface area (Å²) in [6.07, 6.45) is 8.96. The number of nitrogens with two attached hydrogens (primary N) is 1. The van der Waals surface area contributed by atoms with E-state index in [1.165, 1.54) is 41.9 Å². The first-order valence-corrected chi connectivity index (χ1v) is 10.8. The maximum absolute atomic E-state index is 14.9. The molecule has 2 aliphatic rings. The Morgan fingerprint density at radius 1 is 1.37 bits per heavy atom. The quantitative estimate of drug-likeness (QED) is 0.535. The molecule has 0 aromatic carbocycles. The number of allylic oxidation sites excluding steroid dienone is 3. The van der Waals surface area contributed by atoms with Crippen molar-refractivity contribution >= 4 is 11.9 Å². The molecule has 3 N–H and O–H groups in total. The summed E-state index contributed by atoms with van der Waals surface area (Å²) in [6, 6.07) is -0.163. The molecule has 11 nitrogen and oxygen atoms in total. The van der Waals surface area contributed by atoms with Crippen molar-refractivity contribution in [2.75, 3.05) is 19.9 Å². The Kier molecular flexibility index (Phi) is 7.25. The van der Waals surface area contributed by atoms with Gasteiger partial charge >= 0.3 is 0 Å². The number of fused-ring (bicyclic) bond motifs is 1. The molecule has 4 heterocycles. The molecule has 0 saturated carbocycles. The molecule has 0 aliphatic carbocycles. The van der Waals surface area contributed by atoms with Crippen molar-refractivity contribution in [3.05, 3.63) is 67.1 Å². The molecule has 0 radical (unpaired) electrons. The highest BCUT2D eigenvalue weighted by molar-refractivity contribution is 5.93. The van der Waals surface area contributed by atoms with E-state index in [1.807, 2.05) is 0 Å². The van der Waals surface area contributed by atoms with Crippen molar-refractivity contribution in [1.29, 1.82) is 0 Å². The maximum atomic E-state index is 14.9. The predicted molar refractivity (Wildman–Crippen MR) is 121 cm³/mol.